The average molecular weight is 423 g/mol. The molecule has 0 aromatic heterocycles. The molecule has 2 atom stereocenters. The molecule has 0 aliphatic carbocycles. The van der Waals surface area contributed by atoms with Gasteiger partial charge in [0.25, 0.3) is 5.91 Å². The van der Waals surface area contributed by atoms with E-state index in [1.807, 2.05) is 52.0 Å². The zero-order valence-corrected chi connectivity index (χ0v) is 19.1. The van der Waals surface area contributed by atoms with Crippen molar-refractivity contribution in [2.75, 3.05) is 59.7 Å². The van der Waals surface area contributed by atoms with Crippen molar-refractivity contribution in [3.63, 3.8) is 0 Å². The van der Waals surface area contributed by atoms with E-state index in [2.05, 4.69) is 4.90 Å². The molecule has 1 aliphatic heterocycles. The number of hydrogen-bond donors (Lipinski definition) is 1. The lowest BCUT2D eigenvalue weighted by molar-refractivity contribution is -0.0784. The van der Waals surface area contributed by atoms with Crippen molar-refractivity contribution in [1.82, 2.24) is 9.80 Å². The molecule has 0 unspecified atom stereocenters. The molecule has 1 amide bonds. The van der Waals surface area contributed by atoms with E-state index in [1.54, 1.807) is 12.0 Å². The number of rotatable bonds is 10. The fraction of sp³-hybridized carbons (Fsp3) is 0.696. The van der Waals surface area contributed by atoms with Crippen LogP contribution in [0.1, 0.15) is 36.7 Å². The lowest BCUT2D eigenvalue weighted by atomic mass is 10.1. The van der Waals surface area contributed by atoms with Gasteiger partial charge in [-0.25, -0.2) is 0 Å². The smallest absolute Gasteiger partial charge is 0.254 e. The van der Waals surface area contributed by atoms with Crippen molar-refractivity contribution in [1.29, 1.82) is 0 Å². The van der Waals surface area contributed by atoms with E-state index in [0.717, 1.165) is 12.1 Å². The Morgan fingerprint density at radius 1 is 1.33 bits per heavy atom. The molecule has 0 bridgehead atoms. The van der Waals surface area contributed by atoms with Crippen LogP contribution in [0.3, 0.4) is 0 Å². The lowest BCUT2D eigenvalue weighted by Gasteiger charge is -2.36. The number of aryl methyl sites for hydroxylation is 1. The first-order valence-corrected chi connectivity index (χ1v) is 10.7. The third kappa shape index (κ3) is 8.70. The largest absolute Gasteiger partial charge is 0.389 e. The van der Waals surface area contributed by atoms with E-state index in [-0.39, 0.29) is 17.6 Å². The highest BCUT2D eigenvalue weighted by Crippen LogP contribution is 2.13. The molecule has 1 fully saturated rings. The number of benzene rings is 1. The van der Waals surface area contributed by atoms with Gasteiger partial charge in [0.05, 0.1) is 37.6 Å². The van der Waals surface area contributed by atoms with Crippen molar-refractivity contribution in [2.45, 2.75) is 45.5 Å². The van der Waals surface area contributed by atoms with Crippen LogP contribution in [0.4, 0.5) is 0 Å². The van der Waals surface area contributed by atoms with Crippen LogP contribution in [0, 0.1) is 6.92 Å². The maximum atomic E-state index is 13.0. The number of hydrogen-bond acceptors (Lipinski definition) is 6. The monoisotopic (exact) mass is 422 g/mol. The highest BCUT2D eigenvalue weighted by molar-refractivity contribution is 5.94. The Kier molecular flexibility index (Phi) is 9.71. The van der Waals surface area contributed by atoms with Gasteiger partial charge in [-0.15, -0.1) is 0 Å². The number of nitrogens with zero attached hydrogens (tertiary/aromatic N) is 2. The molecule has 1 aromatic rings. The number of aliphatic hydroxyl groups excluding tert-OH is 1. The summed E-state index contributed by atoms with van der Waals surface area (Å²) in [7, 11) is 1.63. The van der Waals surface area contributed by atoms with E-state index in [0.29, 0.717) is 51.6 Å². The van der Waals surface area contributed by atoms with Crippen LogP contribution in [0.5, 0.6) is 0 Å². The molecule has 0 saturated carbocycles. The van der Waals surface area contributed by atoms with Crippen molar-refractivity contribution in [3.8, 4) is 0 Å². The van der Waals surface area contributed by atoms with Gasteiger partial charge >= 0.3 is 0 Å². The van der Waals surface area contributed by atoms with E-state index >= 15 is 0 Å². The van der Waals surface area contributed by atoms with E-state index in [1.165, 1.54) is 0 Å². The molecule has 1 heterocycles. The number of ether oxygens (including phenoxy) is 3. The first-order valence-electron chi connectivity index (χ1n) is 10.7. The second kappa shape index (κ2) is 11.8. The predicted molar refractivity (Wildman–Crippen MR) is 117 cm³/mol. The number of β-amino-alcohol motifs (C(OH)–C–C–N with tert-alkyl or cyclic N) is 1. The van der Waals surface area contributed by atoms with Crippen molar-refractivity contribution < 1.29 is 24.1 Å². The minimum absolute atomic E-state index is 0.0219. The van der Waals surface area contributed by atoms with Crippen LogP contribution >= 0.6 is 0 Å². The van der Waals surface area contributed by atoms with E-state index in [9.17, 15) is 9.90 Å². The summed E-state index contributed by atoms with van der Waals surface area (Å²) < 4.78 is 16.8. The van der Waals surface area contributed by atoms with Crippen molar-refractivity contribution >= 4 is 5.91 Å². The zero-order valence-electron chi connectivity index (χ0n) is 19.1. The normalized spacial score (nSPS) is 18.9. The Bertz CT molecular complexity index is 644. The third-order valence-electron chi connectivity index (χ3n) is 4.98. The van der Waals surface area contributed by atoms with Crippen LogP contribution < -0.4 is 0 Å². The molecule has 0 radical (unpaired) electrons. The highest BCUT2D eigenvalue weighted by atomic mass is 16.5. The number of methoxy groups -OCH3 is 1. The summed E-state index contributed by atoms with van der Waals surface area (Å²) in [6.45, 7) is 12.2. The number of aliphatic hydroxyl groups is 1. The summed E-state index contributed by atoms with van der Waals surface area (Å²) >= 11 is 0. The van der Waals surface area contributed by atoms with Crippen LogP contribution in [0.15, 0.2) is 24.3 Å². The molecule has 1 aliphatic rings. The average Bonchev–Trinajstić information content (AvgIpc) is 2.69. The summed E-state index contributed by atoms with van der Waals surface area (Å²) in [6.07, 6.45) is -0.664. The summed E-state index contributed by atoms with van der Waals surface area (Å²) in [5.41, 5.74) is 1.52. The first-order chi connectivity index (χ1) is 14.2. The topological polar surface area (TPSA) is 71.5 Å². The molecule has 1 saturated heterocycles. The molecule has 170 valence electrons. The SMILES string of the molecule is COCCN(C[C@@H]1CN(C[C@@H](O)COC(C)(C)C)CCO1)C(=O)c1ccc(C)cc1. The second-order valence-electron chi connectivity index (χ2n) is 8.94. The number of amides is 1. The van der Waals surface area contributed by atoms with Gasteiger partial charge in [0.1, 0.15) is 0 Å². The minimum atomic E-state index is -0.554. The van der Waals surface area contributed by atoms with Crippen LogP contribution in [0.25, 0.3) is 0 Å². The molecule has 0 spiro atoms. The third-order valence-corrected chi connectivity index (χ3v) is 4.98. The quantitative estimate of drug-likeness (QED) is 0.622. The Balaban J connectivity index is 1.93. The number of carbonyl (C=O) groups excluding carboxylic acids is 1. The predicted octanol–water partition coefficient (Wildman–Crippen LogP) is 1.96. The maximum absolute atomic E-state index is 13.0. The van der Waals surface area contributed by atoms with E-state index in [4.69, 9.17) is 14.2 Å². The van der Waals surface area contributed by atoms with Crippen LogP contribution in [-0.2, 0) is 14.2 Å². The summed E-state index contributed by atoms with van der Waals surface area (Å²) in [5, 5.41) is 10.3. The molecule has 7 heteroatoms. The van der Waals surface area contributed by atoms with Crippen molar-refractivity contribution in [2.24, 2.45) is 0 Å². The first kappa shape index (κ1) is 24.8. The number of morpholine rings is 1. The summed E-state index contributed by atoms with van der Waals surface area (Å²) in [5.74, 6) is -0.0219. The molecule has 30 heavy (non-hydrogen) atoms. The van der Waals surface area contributed by atoms with Gasteiger partial charge < -0.3 is 24.2 Å². The molecule has 1 aromatic carbocycles. The van der Waals surface area contributed by atoms with Gasteiger partial charge in [-0.3, -0.25) is 9.69 Å². The van der Waals surface area contributed by atoms with Crippen LogP contribution in [0.2, 0.25) is 0 Å². The Morgan fingerprint density at radius 2 is 2.03 bits per heavy atom. The Morgan fingerprint density at radius 3 is 2.67 bits per heavy atom. The van der Waals surface area contributed by atoms with E-state index < -0.39 is 6.10 Å². The highest BCUT2D eigenvalue weighted by Gasteiger charge is 2.27. The molecular formula is C23H38N2O5. The number of carbonyl (C=O) groups is 1. The molecular weight excluding hydrogens is 384 g/mol. The molecule has 7 nitrogen and oxygen atoms in total. The Labute approximate surface area is 180 Å². The van der Waals surface area contributed by atoms with Gasteiger partial charge in [-0.1, -0.05) is 17.7 Å². The van der Waals surface area contributed by atoms with Crippen molar-refractivity contribution in [3.05, 3.63) is 35.4 Å². The minimum Gasteiger partial charge on any atom is -0.389 e. The fourth-order valence-electron chi connectivity index (χ4n) is 3.36. The molecule has 1 N–H and O–H groups in total. The summed E-state index contributed by atoms with van der Waals surface area (Å²) in [6, 6.07) is 7.61. The maximum Gasteiger partial charge on any atom is 0.254 e. The van der Waals surface area contributed by atoms with Gasteiger partial charge in [0.15, 0.2) is 0 Å². The fourth-order valence-corrected chi connectivity index (χ4v) is 3.36. The van der Waals surface area contributed by atoms with Gasteiger partial charge in [-0.2, -0.15) is 0 Å². The summed E-state index contributed by atoms with van der Waals surface area (Å²) in [4.78, 5) is 17.0. The second-order valence-corrected chi connectivity index (χ2v) is 8.94. The Hall–Kier alpha value is -1.51. The zero-order chi connectivity index (χ0) is 22.1. The standard InChI is InChI=1S/C23H38N2O5/c1-18-6-8-19(9-7-18)22(27)25(11-12-28-5)16-21-15-24(10-13-29-21)14-20(26)17-30-23(2,3)4/h6-9,20-21,26H,10-17H2,1-5H3/t20-,21+/m1/s1. The molecule has 2 rings (SSSR count). The van der Waals surface area contributed by atoms with Gasteiger partial charge in [0, 0.05) is 45.4 Å². The van der Waals surface area contributed by atoms with Gasteiger partial charge in [-0.05, 0) is 39.8 Å². The van der Waals surface area contributed by atoms with Crippen LogP contribution in [-0.4, -0.2) is 98.3 Å². The lowest BCUT2D eigenvalue weighted by Crippen LogP contribution is -2.51. The van der Waals surface area contributed by atoms with Gasteiger partial charge in [0.2, 0.25) is 0 Å².